The first kappa shape index (κ1) is 13.9. The van der Waals surface area contributed by atoms with Gasteiger partial charge in [0.05, 0.1) is 10.3 Å². The molecule has 1 saturated carbocycles. The molecule has 0 aromatic carbocycles. The van der Waals surface area contributed by atoms with Crippen molar-refractivity contribution in [1.82, 2.24) is 5.32 Å². The van der Waals surface area contributed by atoms with Crippen LogP contribution in [-0.2, 0) is 14.6 Å². The molecule has 0 aromatic heterocycles. The largest absolute Gasteiger partial charge is 0.377 e. The van der Waals surface area contributed by atoms with Gasteiger partial charge in [-0.25, -0.2) is 8.42 Å². The molecule has 0 spiro atoms. The number of nitrogens with one attached hydrogen (secondary N) is 1. The van der Waals surface area contributed by atoms with Crippen LogP contribution in [0.25, 0.3) is 0 Å². The maximum atomic E-state index is 11.5. The minimum Gasteiger partial charge on any atom is -0.377 e. The van der Waals surface area contributed by atoms with Crippen molar-refractivity contribution in [3.8, 4) is 0 Å². The lowest BCUT2D eigenvalue weighted by molar-refractivity contribution is -0.0694. The van der Waals surface area contributed by atoms with Crippen molar-refractivity contribution >= 4 is 9.84 Å². The van der Waals surface area contributed by atoms with E-state index < -0.39 is 14.6 Å². The summed E-state index contributed by atoms with van der Waals surface area (Å²) in [5.41, 5.74) is -0.0480. The molecule has 0 unspecified atom stereocenters. The van der Waals surface area contributed by atoms with Crippen molar-refractivity contribution in [1.29, 1.82) is 0 Å². The van der Waals surface area contributed by atoms with Gasteiger partial charge in [-0.05, 0) is 33.1 Å². The molecule has 5 heteroatoms. The third-order valence-corrected chi connectivity index (χ3v) is 5.85. The first-order chi connectivity index (χ1) is 7.22. The zero-order chi connectivity index (χ0) is 12.4. The monoisotopic (exact) mass is 249 g/mol. The molecule has 1 rings (SSSR count). The van der Waals surface area contributed by atoms with Crippen LogP contribution in [0.15, 0.2) is 0 Å². The van der Waals surface area contributed by atoms with Crippen molar-refractivity contribution in [3.63, 3.8) is 0 Å². The maximum Gasteiger partial charge on any atom is 0.153 e. The van der Waals surface area contributed by atoms with Gasteiger partial charge in [0, 0.05) is 26.5 Å². The Labute approximate surface area is 98.7 Å². The summed E-state index contributed by atoms with van der Waals surface area (Å²) in [6.45, 7) is 4.70. The fraction of sp³-hybridized carbons (Fsp3) is 1.00. The van der Waals surface area contributed by atoms with Crippen LogP contribution in [0.5, 0.6) is 0 Å². The topological polar surface area (TPSA) is 55.4 Å². The van der Waals surface area contributed by atoms with Crippen LogP contribution in [0, 0.1) is 0 Å². The molecule has 1 N–H and O–H groups in total. The summed E-state index contributed by atoms with van der Waals surface area (Å²) in [4.78, 5) is 0. The van der Waals surface area contributed by atoms with E-state index in [0.29, 0.717) is 6.54 Å². The second-order valence-corrected chi connectivity index (χ2v) is 8.03. The molecule has 1 aliphatic carbocycles. The second kappa shape index (κ2) is 4.63. The number of rotatable bonds is 6. The molecular formula is C11H23NO3S. The Morgan fingerprint density at radius 3 is 2.25 bits per heavy atom. The summed E-state index contributed by atoms with van der Waals surface area (Å²) < 4.78 is 27.7. The molecule has 0 amide bonds. The second-order valence-electron chi connectivity index (χ2n) is 5.38. The van der Waals surface area contributed by atoms with Crippen LogP contribution in [0.2, 0.25) is 0 Å². The van der Waals surface area contributed by atoms with Crippen LogP contribution in [0.3, 0.4) is 0 Å². The zero-order valence-electron chi connectivity index (χ0n) is 10.7. The Kier molecular flexibility index (Phi) is 4.03. The van der Waals surface area contributed by atoms with Gasteiger partial charge >= 0.3 is 0 Å². The third-order valence-electron chi connectivity index (χ3n) is 3.70. The highest BCUT2D eigenvalue weighted by atomic mass is 32.2. The Balaban J connectivity index is 2.41. The average Bonchev–Trinajstić information content (AvgIpc) is 2.07. The van der Waals surface area contributed by atoms with Gasteiger partial charge in [-0.1, -0.05) is 0 Å². The molecule has 0 bridgehead atoms. The van der Waals surface area contributed by atoms with E-state index in [1.165, 1.54) is 12.7 Å². The van der Waals surface area contributed by atoms with E-state index in [2.05, 4.69) is 5.32 Å². The van der Waals surface area contributed by atoms with Crippen LogP contribution in [0.1, 0.15) is 33.1 Å². The normalized spacial score (nSPS) is 20.5. The van der Waals surface area contributed by atoms with E-state index in [4.69, 9.17) is 4.74 Å². The van der Waals surface area contributed by atoms with Gasteiger partial charge in [0.25, 0.3) is 0 Å². The average molecular weight is 249 g/mol. The minimum atomic E-state index is -3.02. The standard InChI is InChI=1S/C11H23NO3S/c1-10(2,16(4,13)14)8-12-9-11(15-3)6-5-7-11/h12H,5-9H2,1-4H3. The summed E-state index contributed by atoms with van der Waals surface area (Å²) in [5, 5.41) is 3.22. The zero-order valence-corrected chi connectivity index (χ0v) is 11.5. The van der Waals surface area contributed by atoms with Crippen molar-refractivity contribution in [3.05, 3.63) is 0 Å². The van der Waals surface area contributed by atoms with Crippen molar-refractivity contribution in [2.75, 3.05) is 26.5 Å². The highest BCUT2D eigenvalue weighted by molar-refractivity contribution is 7.92. The van der Waals surface area contributed by atoms with E-state index in [1.807, 2.05) is 0 Å². The van der Waals surface area contributed by atoms with Gasteiger partial charge < -0.3 is 10.1 Å². The van der Waals surface area contributed by atoms with Gasteiger partial charge in [0.2, 0.25) is 0 Å². The van der Waals surface area contributed by atoms with Crippen molar-refractivity contribution < 1.29 is 13.2 Å². The summed E-state index contributed by atoms with van der Waals surface area (Å²) in [6, 6.07) is 0. The van der Waals surface area contributed by atoms with Crippen LogP contribution in [0.4, 0.5) is 0 Å². The number of ether oxygens (including phenoxy) is 1. The smallest absolute Gasteiger partial charge is 0.153 e. The lowest BCUT2D eigenvalue weighted by Crippen LogP contribution is -2.51. The predicted octanol–water partition coefficient (Wildman–Crippen LogP) is 0.968. The van der Waals surface area contributed by atoms with Crippen LogP contribution in [-0.4, -0.2) is 45.2 Å². The Bertz CT molecular complexity index is 326. The Morgan fingerprint density at radius 1 is 1.38 bits per heavy atom. The van der Waals surface area contributed by atoms with Crippen LogP contribution >= 0.6 is 0 Å². The third kappa shape index (κ3) is 2.96. The van der Waals surface area contributed by atoms with E-state index in [1.54, 1.807) is 21.0 Å². The first-order valence-corrected chi connectivity index (χ1v) is 7.57. The molecule has 1 aliphatic rings. The van der Waals surface area contributed by atoms with Crippen LogP contribution < -0.4 is 5.32 Å². The fourth-order valence-corrected chi connectivity index (χ4v) is 2.11. The Hall–Kier alpha value is -0.130. The van der Waals surface area contributed by atoms with Gasteiger partial charge in [0.15, 0.2) is 9.84 Å². The van der Waals surface area contributed by atoms with E-state index in [9.17, 15) is 8.42 Å². The number of hydrogen-bond donors (Lipinski definition) is 1. The van der Waals surface area contributed by atoms with E-state index in [-0.39, 0.29) is 5.60 Å². The maximum absolute atomic E-state index is 11.5. The minimum absolute atomic E-state index is 0.0480. The molecule has 0 saturated heterocycles. The number of hydrogen-bond acceptors (Lipinski definition) is 4. The molecule has 1 fully saturated rings. The highest BCUT2D eigenvalue weighted by Crippen LogP contribution is 2.34. The molecule has 16 heavy (non-hydrogen) atoms. The lowest BCUT2D eigenvalue weighted by Gasteiger charge is -2.41. The highest BCUT2D eigenvalue weighted by Gasteiger charge is 2.37. The van der Waals surface area contributed by atoms with Crippen molar-refractivity contribution in [2.45, 2.75) is 43.5 Å². The summed E-state index contributed by atoms with van der Waals surface area (Å²) in [6.07, 6.45) is 4.61. The molecule has 0 atom stereocenters. The first-order valence-electron chi connectivity index (χ1n) is 5.68. The summed E-state index contributed by atoms with van der Waals surface area (Å²) in [7, 11) is -1.29. The van der Waals surface area contributed by atoms with E-state index >= 15 is 0 Å². The molecule has 0 heterocycles. The van der Waals surface area contributed by atoms with Crippen molar-refractivity contribution in [2.24, 2.45) is 0 Å². The van der Waals surface area contributed by atoms with E-state index in [0.717, 1.165) is 19.4 Å². The van der Waals surface area contributed by atoms with Gasteiger partial charge in [-0.15, -0.1) is 0 Å². The molecular weight excluding hydrogens is 226 g/mol. The van der Waals surface area contributed by atoms with Gasteiger partial charge in [0.1, 0.15) is 0 Å². The summed E-state index contributed by atoms with van der Waals surface area (Å²) >= 11 is 0. The molecule has 4 nitrogen and oxygen atoms in total. The van der Waals surface area contributed by atoms with Gasteiger partial charge in [-0.2, -0.15) is 0 Å². The molecule has 0 radical (unpaired) electrons. The predicted molar refractivity (Wildman–Crippen MR) is 65.4 cm³/mol. The number of methoxy groups -OCH3 is 1. The lowest BCUT2D eigenvalue weighted by atomic mass is 9.80. The molecule has 0 aromatic rings. The molecule has 96 valence electrons. The fourth-order valence-electron chi connectivity index (χ4n) is 1.75. The molecule has 0 aliphatic heterocycles. The number of sulfone groups is 1. The summed E-state index contributed by atoms with van der Waals surface area (Å²) in [5.74, 6) is 0. The van der Waals surface area contributed by atoms with Gasteiger partial charge in [-0.3, -0.25) is 0 Å². The quantitative estimate of drug-likeness (QED) is 0.762. The Morgan fingerprint density at radius 2 is 1.94 bits per heavy atom. The SMILES string of the molecule is COC1(CNCC(C)(C)S(C)(=O)=O)CCC1.